The molecule has 1 atom stereocenters. The summed E-state index contributed by atoms with van der Waals surface area (Å²) in [7, 11) is 1.78. The topological polar surface area (TPSA) is 72.9 Å². The molecule has 0 aliphatic carbocycles. The van der Waals surface area contributed by atoms with Crippen molar-refractivity contribution in [2.75, 3.05) is 6.54 Å². The molecular formula is C12H22N4O. The van der Waals surface area contributed by atoms with Crippen LogP contribution in [0.15, 0.2) is 6.07 Å². The molecule has 0 spiro atoms. The summed E-state index contributed by atoms with van der Waals surface area (Å²) >= 11 is 0. The molecule has 0 aliphatic heterocycles. The minimum absolute atomic E-state index is 0.0486. The highest BCUT2D eigenvalue weighted by molar-refractivity contribution is 5.92. The number of aromatic nitrogens is 2. The number of nitrogens with zero attached hydrogens (tertiary/aromatic N) is 2. The second-order valence-electron chi connectivity index (χ2n) is 4.19. The van der Waals surface area contributed by atoms with E-state index < -0.39 is 0 Å². The van der Waals surface area contributed by atoms with Gasteiger partial charge in [0.25, 0.3) is 5.91 Å². The van der Waals surface area contributed by atoms with Crippen LogP contribution in [0, 0.1) is 0 Å². The van der Waals surface area contributed by atoms with Crippen molar-refractivity contribution in [1.29, 1.82) is 0 Å². The molecule has 0 bridgehead atoms. The van der Waals surface area contributed by atoms with Crippen LogP contribution in [-0.2, 0) is 13.5 Å². The van der Waals surface area contributed by atoms with Gasteiger partial charge in [-0.3, -0.25) is 9.48 Å². The molecule has 1 rings (SSSR count). The summed E-state index contributed by atoms with van der Waals surface area (Å²) in [4.78, 5) is 12.0. The summed E-state index contributed by atoms with van der Waals surface area (Å²) in [6.45, 7) is 4.57. The molecule has 3 N–H and O–H groups in total. The van der Waals surface area contributed by atoms with Crippen LogP contribution in [0.4, 0.5) is 0 Å². The highest BCUT2D eigenvalue weighted by Crippen LogP contribution is 2.05. The van der Waals surface area contributed by atoms with Crippen molar-refractivity contribution >= 4 is 5.91 Å². The predicted octanol–water partition coefficient (Wildman–Crippen LogP) is 0.840. The van der Waals surface area contributed by atoms with E-state index in [0.717, 1.165) is 25.0 Å². The molecule has 0 saturated carbocycles. The number of rotatable bonds is 6. The van der Waals surface area contributed by atoms with Gasteiger partial charge in [0.15, 0.2) is 0 Å². The van der Waals surface area contributed by atoms with Crippen LogP contribution in [0.3, 0.4) is 0 Å². The Kier molecular flexibility index (Phi) is 5.15. The Morgan fingerprint density at radius 2 is 2.29 bits per heavy atom. The molecule has 0 radical (unpaired) electrons. The van der Waals surface area contributed by atoms with Crippen LogP contribution < -0.4 is 11.1 Å². The van der Waals surface area contributed by atoms with Crippen molar-refractivity contribution in [2.24, 2.45) is 12.8 Å². The highest BCUT2D eigenvalue weighted by Gasteiger charge is 2.15. The van der Waals surface area contributed by atoms with E-state index in [9.17, 15) is 4.79 Å². The Balaban J connectivity index is 2.71. The minimum atomic E-state index is -0.0939. The van der Waals surface area contributed by atoms with E-state index in [1.54, 1.807) is 11.7 Å². The quantitative estimate of drug-likeness (QED) is 0.771. The summed E-state index contributed by atoms with van der Waals surface area (Å²) < 4.78 is 1.62. The van der Waals surface area contributed by atoms with Gasteiger partial charge in [0.1, 0.15) is 5.69 Å². The van der Waals surface area contributed by atoms with Crippen molar-refractivity contribution in [3.8, 4) is 0 Å². The van der Waals surface area contributed by atoms with Crippen molar-refractivity contribution in [2.45, 2.75) is 39.2 Å². The molecule has 1 unspecified atom stereocenters. The molecular weight excluding hydrogens is 216 g/mol. The molecule has 5 heteroatoms. The number of hydrogen-bond acceptors (Lipinski definition) is 3. The van der Waals surface area contributed by atoms with Crippen LogP contribution >= 0.6 is 0 Å². The standard InChI is InChI=1S/C12H22N4O/c1-4-6-10(8-13)14-12(17)11-7-9(5-2)15-16(11)3/h7,10H,4-6,8,13H2,1-3H3,(H,14,17). The lowest BCUT2D eigenvalue weighted by Gasteiger charge is -2.15. The van der Waals surface area contributed by atoms with Gasteiger partial charge in [-0.05, 0) is 18.9 Å². The van der Waals surface area contributed by atoms with E-state index in [0.29, 0.717) is 12.2 Å². The zero-order valence-electron chi connectivity index (χ0n) is 10.9. The molecule has 1 amide bonds. The molecule has 0 fully saturated rings. The lowest BCUT2D eigenvalue weighted by Crippen LogP contribution is -2.40. The van der Waals surface area contributed by atoms with Crippen molar-refractivity contribution in [3.63, 3.8) is 0 Å². The SMILES string of the molecule is CCCC(CN)NC(=O)c1cc(CC)nn1C. The molecule has 1 heterocycles. The maximum atomic E-state index is 12.0. The number of nitrogens with two attached hydrogens (primary N) is 1. The van der Waals surface area contributed by atoms with Gasteiger partial charge in [-0.1, -0.05) is 20.3 Å². The molecule has 1 aromatic rings. The number of aryl methyl sites for hydroxylation is 2. The van der Waals surface area contributed by atoms with E-state index in [1.165, 1.54) is 0 Å². The van der Waals surface area contributed by atoms with Gasteiger partial charge in [-0.25, -0.2) is 0 Å². The Bertz CT molecular complexity index is 373. The summed E-state index contributed by atoms with van der Waals surface area (Å²) in [6, 6.07) is 1.88. The fourth-order valence-corrected chi connectivity index (χ4v) is 1.77. The summed E-state index contributed by atoms with van der Waals surface area (Å²) in [6.07, 6.45) is 2.74. The fourth-order valence-electron chi connectivity index (χ4n) is 1.77. The van der Waals surface area contributed by atoms with Gasteiger partial charge < -0.3 is 11.1 Å². The average molecular weight is 238 g/mol. The number of hydrogen-bond donors (Lipinski definition) is 2. The van der Waals surface area contributed by atoms with Gasteiger partial charge in [-0.2, -0.15) is 5.10 Å². The largest absolute Gasteiger partial charge is 0.347 e. The third-order valence-electron chi connectivity index (χ3n) is 2.78. The molecule has 0 saturated heterocycles. The predicted molar refractivity (Wildman–Crippen MR) is 67.8 cm³/mol. The van der Waals surface area contributed by atoms with Crippen molar-refractivity contribution < 1.29 is 4.79 Å². The van der Waals surface area contributed by atoms with Crippen molar-refractivity contribution in [3.05, 3.63) is 17.5 Å². The number of amides is 1. The average Bonchev–Trinajstić information content (AvgIpc) is 2.70. The van der Waals surface area contributed by atoms with Crippen LogP contribution in [0.2, 0.25) is 0 Å². The maximum Gasteiger partial charge on any atom is 0.269 e. The normalized spacial score (nSPS) is 12.5. The maximum absolute atomic E-state index is 12.0. The summed E-state index contributed by atoms with van der Waals surface area (Å²) in [5.74, 6) is -0.0939. The van der Waals surface area contributed by atoms with Crippen LogP contribution in [0.25, 0.3) is 0 Å². The van der Waals surface area contributed by atoms with Gasteiger partial charge in [0, 0.05) is 19.6 Å². The van der Waals surface area contributed by atoms with Crippen LogP contribution in [-0.4, -0.2) is 28.3 Å². The van der Waals surface area contributed by atoms with E-state index in [-0.39, 0.29) is 11.9 Å². The van der Waals surface area contributed by atoms with E-state index in [1.807, 2.05) is 13.0 Å². The lowest BCUT2D eigenvalue weighted by molar-refractivity contribution is 0.0926. The Morgan fingerprint density at radius 3 is 2.76 bits per heavy atom. The molecule has 0 aliphatic rings. The van der Waals surface area contributed by atoms with Crippen molar-refractivity contribution in [1.82, 2.24) is 15.1 Å². The first-order valence-electron chi connectivity index (χ1n) is 6.16. The number of nitrogens with one attached hydrogen (secondary N) is 1. The van der Waals surface area contributed by atoms with E-state index in [2.05, 4.69) is 17.3 Å². The first-order chi connectivity index (χ1) is 8.12. The first kappa shape index (κ1) is 13.7. The molecule has 1 aromatic heterocycles. The summed E-state index contributed by atoms with van der Waals surface area (Å²) in [5.41, 5.74) is 7.14. The van der Waals surface area contributed by atoms with Crippen LogP contribution in [0.1, 0.15) is 42.9 Å². The second kappa shape index (κ2) is 6.39. The third kappa shape index (κ3) is 3.56. The molecule has 96 valence electrons. The zero-order chi connectivity index (χ0) is 12.8. The van der Waals surface area contributed by atoms with Gasteiger partial charge >= 0.3 is 0 Å². The van der Waals surface area contributed by atoms with E-state index in [4.69, 9.17) is 5.73 Å². The lowest BCUT2D eigenvalue weighted by atomic mass is 10.1. The molecule has 0 aromatic carbocycles. The smallest absolute Gasteiger partial charge is 0.269 e. The Morgan fingerprint density at radius 1 is 1.59 bits per heavy atom. The van der Waals surface area contributed by atoms with Crippen LogP contribution in [0.5, 0.6) is 0 Å². The minimum Gasteiger partial charge on any atom is -0.347 e. The zero-order valence-corrected chi connectivity index (χ0v) is 10.9. The Labute approximate surface area is 102 Å². The van der Waals surface area contributed by atoms with Gasteiger partial charge in [-0.15, -0.1) is 0 Å². The monoisotopic (exact) mass is 238 g/mol. The number of carbonyl (C=O) groups excluding carboxylic acids is 1. The molecule has 17 heavy (non-hydrogen) atoms. The Hall–Kier alpha value is -1.36. The third-order valence-corrected chi connectivity index (χ3v) is 2.78. The number of carbonyl (C=O) groups is 1. The van der Waals surface area contributed by atoms with E-state index >= 15 is 0 Å². The highest BCUT2D eigenvalue weighted by atomic mass is 16.2. The summed E-state index contributed by atoms with van der Waals surface area (Å²) in [5, 5.41) is 7.19. The fraction of sp³-hybridized carbons (Fsp3) is 0.667. The van der Waals surface area contributed by atoms with Gasteiger partial charge in [0.05, 0.1) is 5.69 Å². The van der Waals surface area contributed by atoms with Gasteiger partial charge in [0.2, 0.25) is 0 Å². The molecule has 5 nitrogen and oxygen atoms in total. The first-order valence-corrected chi connectivity index (χ1v) is 6.16. The second-order valence-corrected chi connectivity index (χ2v) is 4.19.